The summed E-state index contributed by atoms with van der Waals surface area (Å²) in [5.41, 5.74) is 2.97. The highest BCUT2D eigenvalue weighted by Gasteiger charge is 1.74. The van der Waals surface area contributed by atoms with Crippen LogP contribution in [0.15, 0.2) is 17.9 Å². The Bertz CT molecular complexity index is 88.6. The first kappa shape index (κ1) is 7.81. The highest BCUT2D eigenvalue weighted by atomic mass is 35.5. The van der Waals surface area contributed by atoms with E-state index in [2.05, 4.69) is 5.73 Å². The van der Waals surface area contributed by atoms with E-state index >= 15 is 0 Å². The van der Waals surface area contributed by atoms with Gasteiger partial charge in [0.25, 0.3) is 0 Å². The number of allylic oxidation sites excluding steroid dienone is 1. The number of rotatable bonds is 3. The van der Waals surface area contributed by atoms with Crippen molar-refractivity contribution in [2.24, 2.45) is 0 Å². The summed E-state index contributed by atoms with van der Waals surface area (Å²) in [6.45, 7) is 1.96. The minimum Gasteiger partial charge on any atom is -0.130 e. The van der Waals surface area contributed by atoms with Crippen LogP contribution in [0.2, 0.25) is 0 Å². The van der Waals surface area contributed by atoms with Crippen molar-refractivity contribution in [3.8, 4) is 0 Å². The third-order valence-electron chi connectivity index (χ3n) is 0.767. The number of alkyl halides is 1. The van der Waals surface area contributed by atoms with Crippen molar-refractivity contribution in [3.05, 3.63) is 17.9 Å². The van der Waals surface area contributed by atoms with Gasteiger partial charge in [-0.25, -0.2) is 0 Å². The summed E-state index contributed by atoms with van der Waals surface area (Å²) >= 11 is 5.42. The topological polar surface area (TPSA) is 0 Å². The molecule has 0 atom stereocenters. The molecule has 0 radical (unpaired) electrons. The average molecular weight is 131 g/mol. The van der Waals surface area contributed by atoms with Crippen molar-refractivity contribution in [2.75, 3.05) is 5.88 Å². The van der Waals surface area contributed by atoms with E-state index < -0.39 is 0 Å². The molecular weight excluding hydrogens is 120 g/mol. The molecule has 1 heteroatoms. The van der Waals surface area contributed by atoms with Gasteiger partial charge in [-0.15, -0.1) is 17.3 Å². The number of halogens is 1. The fourth-order valence-corrected chi connectivity index (χ4v) is 0.535. The Morgan fingerprint density at radius 3 is 2.88 bits per heavy atom. The summed E-state index contributed by atoms with van der Waals surface area (Å²) in [6.07, 6.45) is 6.01. The molecule has 0 aliphatic carbocycles. The molecule has 0 spiro atoms. The van der Waals surface area contributed by atoms with Crippen molar-refractivity contribution >= 4 is 11.6 Å². The third kappa shape index (κ3) is 5.81. The van der Waals surface area contributed by atoms with Crippen LogP contribution in [0.3, 0.4) is 0 Å². The molecule has 46 valence electrons. The average Bonchev–Trinajstić information content (AvgIpc) is 1.81. The van der Waals surface area contributed by atoms with Crippen LogP contribution in [-0.2, 0) is 0 Å². The van der Waals surface area contributed by atoms with Crippen molar-refractivity contribution < 1.29 is 0 Å². The summed E-state index contributed by atoms with van der Waals surface area (Å²) in [5, 5.41) is 0. The molecule has 0 fully saturated rings. The molecule has 0 heterocycles. The summed E-state index contributed by atoms with van der Waals surface area (Å²) < 4.78 is 0. The highest BCUT2D eigenvalue weighted by molar-refractivity contribution is 6.17. The fourth-order valence-electron chi connectivity index (χ4n) is 0.380. The third-order valence-corrected chi connectivity index (χ3v) is 1.03. The first-order valence-corrected chi connectivity index (χ1v) is 3.36. The van der Waals surface area contributed by atoms with Gasteiger partial charge < -0.3 is 0 Å². The maximum Gasteiger partial charge on any atom is 0.0226 e. The Hall–Kier alpha value is -0.190. The number of hydrogen-bond acceptors (Lipinski definition) is 0. The zero-order valence-corrected chi connectivity index (χ0v) is 5.91. The first-order chi connectivity index (χ1) is 3.91. The fraction of sp³-hybridized carbons (Fsp3) is 0.571. The molecule has 0 N–H and O–H groups in total. The Kier molecular flexibility index (Phi) is 6.65. The van der Waals surface area contributed by atoms with Gasteiger partial charge in [-0.3, -0.25) is 0 Å². The van der Waals surface area contributed by atoms with Crippen LogP contribution in [0.5, 0.6) is 0 Å². The minimum atomic E-state index is 0.752. The highest BCUT2D eigenvalue weighted by Crippen LogP contribution is 1.90. The molecule has 0 rings (SSSR count). The van der Waals surface area contributed by atoms with E-state index in [9.17, 15) is 0 Å². The second-order valence-electron chi connectivity index (χ2n) is 1.49. The Morgan fingerprint density at radius 1 is 1.62 bits per heavy atom. The van der Waals surface area contributed by atoms with Crippen molar-refractivity contribution in [2.45, 2.75) is 19.8 Å². The Balaban J connectivity index is 3.04. The summed E-state index contributed by atoms with van der Waals surface area (Å²) in [4.78, 5) is 0. The summed E-state index contributed by atoms with van der Waals surface area (Å²) in [7, 11) is 0. The van der Waals surface area contributed by atoms with Gasteiger partial charge >= 0.3 is 0 Å². The maximum atomic E-state index is 5.42. The molecule has 0 aliphatic rings. The maximum absolute atomic E-state index is 5.42. The van der Waals surface area contributed by atoms with Gasteiger partial charge in [-0.05, 0) is 31.9 Å². The smallest absolute Gasteiger partial charge is 0.0226 e. The van der Waals surface area contributed by atoms with E-state index in [4.69, 9.17) is 11.6 Å². The molecule has 0 amide bonds. The van der Waals surface area contributed by atoms with Gasteiger partial charge in [0.2, 0.25) is 0 Å². The molecule has 0 unspecified atom stereocenters. The van der Waals surface area contributed by atoms with Gasteiger partial charge in [0.05, 0.1) is 0 Å². The van der Waals surface area contributed by atoms with Crippen LogP contribution >= 0.6 is 11.6 Å². The zero-order valence-electron chi connectivity index (χ0n) is 5.15. The monoisotopic (exact) mass is 130 g/mol. The van der Waals surface area contributed by atoms with E-state index in [-0.39, 0.29) is 0 Å². The summed E-state index contributed by atoms with van der Waals surface area (Å²) in [6, 6.07) is 0. The predicted octanol–water partition coefficient (Wildman–Crippen LogP) is 2.74. The molecule has 0 aliphatic heterocycles. The van der Waals surface area contributed by atoms with Crippen LogP contribution in [0.1, 0.15) is 19.8 Å². The molecular formula is C7H11Cl. The molecule has 0 aromatic rings. The summed E-state index contributed by atoms with van der Waals surface area (Å²) in [5.74, 6) is 0.752. The SMILES string of the molecule is CC=C=CCCCCl. The van der Waals surface area contributed by atoms with Crippen LogP contribution in [0.4, 0.5) is 0 Å². The lowest BCUT2D eigenvalue weighted by atomic mass is 10.3. The molecule has 0 saturated heterocycles. The second kappa shape index (κ2) is 6.81. The lowest BCUT2D eigenvalue weighted by molar-refractivity contribution is 0.968. The van der Waals surface area contributed by atoms with E-state index in [0.717, 1.165) is 18.7 Å². The first-order valence-electron chi connectivity index (χ1n) is 2.83. The van der Waals surface area contributed by atoms with Gasteiger partial charge in [-0.2, -0.15) is 0 Å². The van der Waals surface area contributed by atoms with Crippen LogP contribution in [-0.4, -0.2) is 5.88 Å². The van der Waals surface area contributed by atoms with Crippen LogP contribution in [0, 0.1) is 0 Å². The molecule has 8 heavy (non-hydrogen) atoms. The number of unbranched alkanes of at least 4 members (excludes halogenated alkanes) is 1. The molecule has 0 saturated carbocycles. The van der Waals surface area contributed by atoms with E-state index in [1.54, 1.807) is 0 Å². The predicted molar refractivity (Wildman–Crippen MR) is 38.3 cm³/mol. The molecule has 0 aromatic heterocycles. The number of hydrogen-bond donors (Lipinski definition) is 0. The Labute approximate surface area is 55.9 Å². The van der Waals surface area contributed by atoms with Crippen molar-refractivity contribution in [1.29, 1.82) is 0 Å². The molecule has 0 nitrogen and oxygen atoms in total. The van der Waals surface area contributed by atoms with E-state index in [0.29, 0.717) is 0 Å². The normalized spacial score (nSPS) is 7.75. The van der Waals surface area contributed by atoms with Gasteiger partial charge in [-0.1, -0.05) is 0 Å². The van der Waals surface area contributed by atoms with Gasteiger partial charge in [0.15, 0.2) is 0 Å². The quantitative estimate of drug-likeness (QED) is 0.313. The minimum absolute atomic E-state index is 0.752. The molecule has 0 aromatic carbocycles. The van der Waals surface area contributed by atoms with E-state index in [1.807, 2.05) is 19.1 Å². The molecule has 0 bridgehead atoms. The zero-order chi connectivity index (χ0) is 6.24. The Morgan fingerprint density at radius 2 is 2.38 bits per heavy atom. The van der Waals surface area contributed by atoms with Crippen LogP contribution < -0.4 is 0 Å². The van der Waals surface area contributed by atoms with Crippen LogP contribution in [0.25, 0.3) is 0 Å². The van der Waals surface area contributed by atoms with Crippen molar-refractivity contribution in [3.63, 3.8) is 0 Å². The van der Waals surface area contributed by atoms with Crippen molar-refractivity contribution in [1.82, 2.24) is 0 Å². The van der Waals surface area contributed by atoms with Gasteiger partial charge in [0.1, 0.15) is 0 Å². The lowest BCUT2D eigenvalue weighted by Crippen LogP contribution is -1.68. The largest absolute Gasteiger partial charge is 0.130 e. The van der Waals surface area contributed by atoms with E-state index in [1.165, 1.54) is 0 Å². The second-order valence-corrected chi connectivity index (χ2v) is 1.87. The van der Waals surface area contributed by atoms with Gasteiger partial charge in [0, 0.05) is 5.88 Å². The standard InChI is InChI=1S/C7H11Cl/c1-2-3-4-5-6-7-8/h2,4H,5-7H2,1H3. The lowest BCUT2D eigenvalue weighted by Gasteiger charge is -1.80.